The maximum atomic E-state index is 12.3. The molecule has 1 atom stereocenters. The Balaban J connectivity index is 1.47. The predicted molar refractivity (Wildman–Crippen MR) is 109 cm³/mol. The zero-order valence-corrected chi connectivity index (χ0v) is 16.4. The Morgan fingerprint density at radius 1 is 1.21 bits per heavy atom. The van der Waals surface area contributed by atoms with Crippen molar-refractivity contribution in [3.05, 3.63) is 60.0 Å². The van der Waals surface area contributed by atoms with Crippen molar-refractivity contribution in [3.63, 3.8) is 0 Å². The normalized spacial score (nSPS) is 16.9. The van der Waals surface area contributed by atoms with Gasteiger partial charge in [-0.2, -0.15) is 5.10 Å². The summed E-state index contributed by atoms with van der Waals surface area (Å²) < 4.78 is 1.83. The van der Waals surface area contributed by atoms with E-state index in [4.69, 9.17) is 10.1 Å². The van der Waals surface area contributed by atoms with Gasteiger partial charge in [-0.05, 0) is 30.5 Å². The first-order valence-corrected chi connectivity index (χ1v) is 9.70. The summed E-state index contributed by atoms with van der Waals surface area (Å²) in [4.78, 5) is 20.5. The van der Waals surface area contributed by atoms with Crippen molar-refractivity contribution < 1.29 is 4.79 Å². The van der Waals surface area contributed by atoms with Gasteiger partial charge < -0.3 is 15.1 Å². The lowest BCUT2D eigenvalue weighted by Crippen LogP contribution is -2.44. The lowest BCUT2D eigenvalue weighted by molar-refractivity contribution is 0.153. The highest BCUT2D eigenvalue weighted by Crippen LogP contribution is 2.26. The number of likely N-dealkylation sites (tertiary alicyclic amines) is 1. The number of hydrogen-bond acceptors (Lipinski definition) is 4. The molecule has 146 valence electrons. The van der Waals surface area contributed by atoms with Crippen LogP contribution < -0.4 is 5.32 Å². The Labute approximate surface area is 165 Å². The first kappa shape index (κ1) is 18.3. The summed E-state index contributed by atoms with van der Waals surface area (Å²) >= 11 is 0. The molecule has 1 aliphatic heterocycles. The summed E-state index contributed by atoms with van der Waals surface area (Å²) in [5, 5.41) is 8.13. The van der Waals surface area contributed by atoms with Crippen LogP contribution in [0.5, 0.6) is 0 Å². The molecule has 7 heteroatoms. The fraction of sp³-hybridized carbons (Fsp3) is 0.381. The smallest absolute Gasteiger partial charge is 0.319 e. The number of piperidine rings is 1. The molecule has 2 amide bonds. The number of urea groups is 1. The monoisotopic (exact) mass is 378 g/mol. The lowest BCUT2D eigenvalue weighted by atomic mass is 9.98. The van der Waals surface area contributed by atoms with Gasteiger partial charge >= 0.3 is 6.03 Å². The van der Waals surface area contributed by atoms with Gasteiger partial charge in [-0.3, -0.25) is 0 Å². The van der Waals surface area contributed by atoms with Crippen LogP contribution in [-0.4, -0.2) is 57.6 Å². The molecule has 2 aromatic heterocycles. The van der Waals surface area contributed by atoms with Crippen LogP contribution in [0.15, 0.2) is 48.7 Å². The van der Waals surface area contributed by atoms with E-state index >= 15 is 0 Å². The number of carbonyl (C=O) groups is 1. The fourth-order valence-corrected chi connectivity index (χ4v) is 3.62. The molecule has 1 aromatic carbocycles. The summed E-state index contributed by atoms with van der Waals surface area (Å²) in [6.07, 6.45) is 3.96. The number of amides is 2. The maximum absolute atomic E-state index is 12.3. The minimum Gasteiger partial charge on any atom is -0.380 e. The van der Waals surface area contributed by atoms with Crippen molar-refractivity contribution in [2.24, 2.45) is 0 Å². The van der Waals surface area contributed by atoms with Crippen molar-refractivity contribution in [1.82, 2.24) is 24.4 Å². The number of hydrogen-bond donors (Lipinski definition) is 1. The molecule has 28 heavy (non-hydrogen) atoms. The minimum absolute atomic E-state index is 0.0564. The summed E-state index contributed by atoms with van der Waals surface area (Å²) in [6, 6.07) is 14.4. The van der Waals surface area contributed by atoms with E-state index in [1.807, 2.05) is 45.9 Å². The Morgan fingerprint density at radius 3 is 2.82 bits per heavy atom. The van der Waals surface area contributed by atoms with Crippen LogP contribution in [-0.2, 0) is 6.54 Å². The molecule has 0 saturated carbocycles. The van der Waals surface area contributed by atoms with Gasteiger partial charge in [-0.15, -0.1) is 0 Å². The van der Waals surface area contributed by atoms with Crippen molar-refractivity contribution in [1.29, 1.82) is 0 Å². The zero-order chi connectivity index (χ0) is 19.5. The van der Waals surface area contributed by atoms with E-state index < -0.39 is 0 Å². The second-order valence-electron chi connectivity index (χ2n) is 7.49. The van der Waals surface area contributed by atoms with Crippen LogP contribution in [0.3, 0.4) is 0 Å². The van der Waals surface area contributed by atoms with Crippen LogP contribution in [0.1, 0.15) is 30.1 Å². The van der Waals surface area contributed by atoms with Gasteiger partial charge in [0.25, 0.3) is 0 Å². The largest absolute Gasteiger partial charge is 0.380 e. The molecule has 1 aliphatic rings. The van der Waals surface area contributed by atoms with E-state index in [1.165, 1.54) is 5.56 Å². The number of rotatable bonds is 4. The molecule has 1 saturated heterocycles. The summed E-state index contributed by atoms with van der Waals surface area (Å²) in [5.74, 6) is 0.995. The van der Waals surface area contributed by atoms with Crippen molar-refractivity contribution in [2.75, 3.05) is 32.5 Å². The molecular formula is C21H26N6O. The number of fused-ring (bicyclic) bond motifs is 1. The first-order valence-electron chi connectivity index (χ1n) is 9.70. The van der Waals surface area contributed by atoms with Gasteiger partial charge in [0, 0.05) is 39.6 Å². The minimum atomic E-state index is 0.0564. The van der Waals surface area contributed by atoms with E-state index in [9.17, 15) is 4.79 Å². The van der Waals surface area contributed by atoms with Gasteiger partial charge in [0.05, 0.1) is 11.9 Å². The maximum Gasteiger partial charge on any atom is 0.319 e. The van der Waals surface area contributed by atoms with Crippen LogP contribution in [0.4, 0.5) is 10.5 Å². The molecular weight excluding hydrogens is 352 g/mol. The third-order valence-electron chi connectivity index (χ3n) is 5.13. The Bertz CT molecular complexity index is 952. The number of nitrogens with zero attached hydrogens (tertiary/aromatic N) is 5. The van der Waals surface area contributed by atoms with E-state index in [-0.39, 0.29) is 11.9 Å². The molecule has 3 heterocycles. The molecule has 1 N–H and O–H groups in total. The molecule has 4 rings (SSSR count). The lowest BCUT2D eigenvalue weighted by Gasteiger charge is -2.33. The number of carbonyl (C=O) groups excluding carboxylic acids is 1. The zero-order valence-electron chi connectivity index (χ0n) is 16.4. The second kappa shape index (κ2) is 7.88. The molecule has 7 nitrogen and oxygen atoms in total. The summed E-state index contributed by atoms with van der Waals surface area (Å²) in [6.45, 7) is 2.24. The highest BCUT2D eigenvalue weighted by molar-refractivity contribution is 5.74. The average Bonchev–Trinajstić information content (AvgIpc) is 3.16. The Hall–Kier alpha value is -3.09. The molecule has 0 bridgehead atoms. The van der Waals surface area contributed by atoms with Gasteiger partial charge in [-0.25, -0.2) is 14.3 Å². The number of nitrogens with one attached hydrogen (secondary N) is 1. The quantitative estimate of drug-likeness (QED) is 0.757. The van der Waals surface area contributed by atoms with Crippen molar-refractivity contribution >= 4 is 17.4 Å². The van der Waals surface area contributed by atoms with Crippen LogP contribution in [0.2, 0.25) is 0 Å². The van der Waals surface area contributed by atoms with E-state index in [0.29, 0.717) is 6.54 Å². The standard InChI is InChI=1S/C21H26N6O/c1-25(2)21(28)26-12-6-9-17(14-26)20-23-19-11-10-18(15-27(19)24-20)22-13-16-7-4-3-5-8-16/h3-5,7-8,10-11,15,17,22H,6,9,12-14H2,1-2H3. The molecule has 0 radical (unpaired) electrons. The first-order chi connectivity index (χ1) is 13.6. The van der Waals surface area contributed by atoms with E-state index in [1.54, 1.807) is 19.0 Å². The molecule has 0 aliphatic carbocycles. The average molecular weight is 378 g/mol. The van der Waals surface area contributed by atoms with Crippen LogP contribution >= 0.6 is 0 Å². The highest BCUT2D eigenvalue weighted by Gasteiger charge is 2.28. The van der Waals surface area contributed by atoms with Gasteiger partial charge in [-0.1, -0.05) is 30.3 Å². The van der Waals surface area contributed by atoms with Crippen molar-refractivity contribution in [2.45, 2.75) is 25.3 Å². The highest BCUT2D eigenvalue weighted by atomic mass is 16.2. The number of aromatic nitrogens is 3. The summed E-state index contributed by atoms with van der Waals surface area (Å²) in [7, 11) is 3.58. The van der Waals surface area contributed by atoms with Crippen LogP contribution in [0.25, 0.3) is 5.65 Å². The third-order valence-corrected chi connectivity index (χ3v) is 5.13. The Morgan fingerprint density at radius 2 is 2.04 bits per heavy atom. The number of benzene rings is 1. The fourth-order valence-electron chi connectivity index (χ4n) is 3.62. The molecule has 3 aromatic rings. The van der Waals surface area contributed by atoms with Gasteiger partial charge in [0.1, 0.15) is 0 Å². The number of anilines is 1. The molecule has 0 spiro atoms. The van der Waals surface area contributed by atoms with Crippen molar-refractivity contribution in [3.8, 4) is 0 Å². The number of pyridine rings is 1. The SMILES string of the molecule is CN(C)C(=O)N1CCCC(c2nc3ccc(NCc4ccccc4)cn3n2)C1. The summed E-state index contributed by atoms with van der Waals surface area (Å²) in [5.41, 5.74) is 3.06. The topological polar surface area (TPSA) is 65.8 Å². The van der Waals surface area contributed by atoms with Gasteiger partial charge in [0.15, 0.2) is 11.5 Å². The predicted octanol–water partition coefficient (Wildman–Crippen LogP) is 3.20. The third kappa shape index (κ3) is 3.93. The molecule has 1 fully saturated rings. The van der Waals surface area contributed by atoms with Gasteiger partial charge in [0.2, 0.25) is 0 Å². The molecule has 1 unspecified atom stereocenters. The van der Waals surface area contributed by atoms with E-state index in [0.717, 1.165) is 43.1 Å². The second-order valence-corrected chi connectivity index (χ2v) is 7.49. The Kier molecular flexibility index (Phi) is 5.14. The van der Waals surface area contributed by atoms with E-state index in [2.05, 4.69) is 17.4 Å². The van der Waals surface area contributed by atoms with Crippen LogP contribution in [0, 0.1) is 0 Å².